The van der Waals surface area contributed by atoms with Crippen LogP contribution in [0.15, 0.2) is 12.4 Å². The van der Waals surface area contributed by atoms with Crippen LogP contribution in [-0.4, -0.2) is 34.2 Å². The highest BCUT2D eigenvalue weighted by Gasteiger charge is 2.38. The second kappa shape index (κ2) is 5.86. The number of aromatic nitrogens is 3. The molecule has 6 heteroatoms. The minimum Gasteiger partial charge on any atom is -0.316 e. The number of anilines is 1. The number of hydrogen-bond donors (Lipinski definition) is 2. The average molecular weight is 249 g/mol. The minimum atomic E-state index is -0.327. The molecule has 1 saturated heterocycles. The molecule has 2 rings (SSSR count). The van der Waals surface area contributed by atoms with Gasteiger partial charge in [0.2, 0.25) is 11.9 Å². The first-order valence-corrected chi connectivity index (χ1v) is 6.43. The van der Waals surface area contributed by atoms with Gasteiger partial charge in [0, 0.05) is 6.54 Å². The van der Waals surface area contributed by atoms with Crippen molar-refractivity contribution >= 4 is 11.9 Å². The summed E-state index contributed by atoms with van der Waals surface area (Å²) in [6.45, 7) is 3.82. The van der Waals surface area contributed by atoms with Crippen molar-refractivity contribution in [3.8, 4) is 0 Å². The van der Waals surface area contributed by atoms with Gasteiger partial charge in [-0.3, -0.25) is 10.1 Å². The third kappa shape index (κ3) is 2.81. The third-order valence-corrected chi connectivity index (χ3v) is 3.39. The molecule has 0 bridgehead atoms. The van der Waals surface area contributed by atoms with Gasteiger partial charge >= 0.3 is 0 Å². The Bertz CT molecular complexity index is 383. The van der Waals surface area contributed by atoms with Crippen LogP contribution in [0, 0.1) is 5.41 Å². The lowest BCUT2D eigenvalue weighted by Crippen LogP contribution is -2.48. The fraction of sp³-hybridized carbons (Fsp3) is 0.667. The van der Waals surface area contributed by atoms with E-state index in [0.29, 0.717) is 0 Å². The van der Waals surface area contributed by atoms with Crippen LogP contribution in [0.2, 0.25) is 0 Å². The van der Waals surface area contributed by atoms with Gasteiger partial charge < -0.3 is 5.32 Å². The molecule has 1 atom stereocenters. The Morgan fingerprint density at radius 2 is 2.44 bits per heavy atom. The number of piperidine rings is 1. The van der Waals surface area contributed by atoms with Crippen molar-refractivity contribution in [2.75, 3.05) is 18.4 Å². The molecule has 6 nitrogen and oxygen atoms in total. The van der Waals surface area contributed by atoms with Crippen molar-refractivity contribution in [2.24, 2.45) is 5.41 Å². The number of carbonyl (C=O) groups is 1. The summed E-state index contributed by atoms with van der Waals surface area (Å²) in [5.41, 5.74) is -0.327. The Balaban J connectivity index is 2.08. The van der Waals surface area contributed by atoms with Gasteiger partial charge in [0.15, 0.2) is 0 Å². The topological polar surface area (TPSA) is 79.8 Å². The number of hydrogen-bond acceptors (Lipinski definition) is 5. The van der Waals surface area contributed by atoms with E-state index in [1.807, 2.05) is 0 Å². The number of nitrogens with one attached hydrogen (secondary N) is 2. The molecule has 0 aromatic carbocycles. The Hall–Kier alpha value is -1.56. The summed E-state index contributed by atoms with van der Waals surface area (Å²) in [5.74, 6) is 0.285. The Morgan fingerprint density at radius 1 is 1.56 bits per heavy atom. The summed E-state index contributed by atoms with van der Waals surface area (Å²) in [5, 5.41) is 13.6. The molecule has 1 aliphatic heterocycles. The lowest BCUT2D eigenvalue weighted by Gasteiger charge is -2.35. The number of rotatable bonds is 4. The zero-order valence-electron chi connectivity index (χ0n) is 10.6. The van der Waals surface area contributed by atoms with Crippen LogP contribution in [0.3, 0.4) is 0 Å². The zero-order valence-corrected chi connectivity index (χ0v) is 10.6. The van der Waals surface area contributed by atoms with Gasteiger partial charge in [-0.15, -0.1) is 5.10 Å². The van der Waals surface area contributed by atoms with Gasteiger partial charge in [0.25, 0.3) is 0 Å². The summed E-state index contributed by atoms with van der Waals surface area (Å²) in [7, 11) is 0. The van der Waals surface area contributed by atoms with E-state index < -0.39 is 0 Å². The number of nitrogens with zero attached hydrogens (tertiary/aromatic N) is 3. The summed E-state index contributed by atoms with van der Waals surface area (Å²) >= 11 is 0. The van der Waals surface area contributed by atoms with Gasteiger partial charge in [-0.1, -0.05) is 13.3 Å². The highest BCUT2D eigenvalue weighted by atomic mass is 16.2. The van der Waals surface area contributed by atoms with E-state index in [4.69, 9.17) is 0 Å². The van der Waals surface area contributed by atoms with Crippen LogP contribution in [-0.2, 0) is 4.79 Å². The molecular formula is C12H19N5O. The molecule has 1 aliphatic rings. The summed E-state index contributed by atoms with van der Waals surface area (Å²) in [6, 6.07) is 0. The average Bonchev–Trinajstić information content (AvgIpc) is 2.41. The molecule has 98 valence electrons. The predicted molar refractivity (Wildman–Crippen MR) is 67.9 cm³/mol. The third-order valence-electron chi connectivity index (χ3n) is 3.39. The van der Waals surface area contributed by atoms with Crippen molar-refractivity contribution < 1.29 is 4.79 Å². The second-order valence-electron chi connectivity index (χ2n) is 4.73. The Labute approximate surface area is 107 Å². The molecule has 1 aromatic heterocycles. The fourth-order valence-electron chi connectivity index (χ4n) is 2.51. The molecule has 2 heterocycles. The molecule has 2 N–H and O–H groups in total. The van der Waals surface area contributed by atoms with E-state index in [0.717, 1.165) is 38.8 Å². The van der Waals surface area contributed by atoms with Crippen LogP contribution in [0.5, 0.6) is 0 Å². The van der Waals surface area contributed by atoms with E-state index in [1.54, 1.807) is 0 Å². The van der Waals surface area contributed by atoms with Gasteiger partial charge in [0.05, 0.1) is 17.8 Å². The smallest absolute Gasteiger partial charge is 0.249 e. The standard InChI is InChI=1S/C12H19N5O/c1-2-4-12(5-3-6-13-9-12)10(18)16-11-14-7-8-15-17-11/h7-8,13H,2-6,9H2,1H3,(H,14,16,17,18). The molecule has 0 saturated carbocycles. The SMILES string of the molecule is CCCC1(C(=O)Nc2nccnn2)CCCNC1. The maximum absolute atomic E-state index is 12.4. The first-order chi connectivity index (χ1) is 8.77. The van der Waals surface area contributed by atoms with E-state index in [1.165, 1.54) is 12.4 Å². The zero-order chi connectivity index (χ0) is 12.8. The molecule has 0 aliphatic carbocycles. The second-order valence-corrected chi connectivity index (χ2v) is 4.73. The quantitative estimate of drug-likeness (QED) is 0.831. The van der Waals surface area contributed by atoms with E-state index in [-0.39, 0.29) is 17.3 Å². The van der Waals surface area contributed by atoms with Crippen LogP contribution >= 0.6 is 0 Å². The number of amides is 1. The fourth-order valence-corrected chi connectivity index (χ4v) is 2.51. The Kier molecular flexibility index (Phi) is 4.19. The van der Waals surface area contributed by atoms with E-state index in [2.05, 4.69) is 32.7 Å². The van der Waals surface area contributed by atoms with Gasteiger partial charge in [-0.05, 0) is 25.8 Å². The summed E-state index contributed by atoms with van der Waals surface area (Å²) in [6.07, 6.45) is 6.82. The van der Waals surface area contributed by atoms with Crippen LogP contribution in [0.4, 0.5) is 5.95 Å². The maximum Gasteiger partial charge on any atom is 0.249 e. The lowest BCUT2D eigenvalue weighted by atomic mass is 9.76. The first kappa shape index (κ1) is 12.9. The molecule has 1 fully saturated rings. The molecule has 18 heavy (non-hydrogen) atoms. The van der Waals surface area contributed by atoms with Gasteiger partial charge in [-0.25, -0.2) is 4.98 Å². The normalized spacial score (nSPS) is 23.6. The number of carbonyl (C=O) groups excluding carboxylic acids is 1. The van der Waals surface area contributed by atoms with E-state index in [9.17, 15) is 4.79 Å². The lowest BCUT2D eigenvalue weighted by molar-refractivity contribution is -0.127. The predicted octanol–water partition coefficient (Wildman–Crippen LogP) is 0.980. The molecule has 1 aromatic rings. The molecule has 0 spiro atoms. The van der Waals surface area contributed by atoms with Crippen molar-refractivity contribution in [3.63, 3.8) is 0 Å². The molecule has 0 radical (unpaired) electrons. The van der Waals surface area contributed by atoms with Crippen molar-refractivity contribution in [1.29, 1.82) is 0 Å². The largest absolute Gasteiger partial charge is 0.316 e. The molecule has 1 amide bonds. The van der Waals surface area contributed by atoms with Crippen LogP contribution < -0.4 is 10.6 Å². The molecule has 1 unspecified atom stereocenters. The van der Waals surface area contributed by atoms with Crippen LogP contribution in [0.25, 0.3) is 0 Å². The van der Waals surface area contributed by atoms with Crippen molar-refractivity contribution in [3.05, 3.63) is 12.4 Å². The minimum absolute atomic E-state index is 0.00421. The highest BCUT2D eigenvalue weighted by molar-refractivity contribution is 5.94. The van der Waals surface area contributed by atoms with Gasteiger partial charge in [0.1, 0.15) is 0 Å². The van der Waals surface area contributed by atoms with Crippen LogP contribution in [0.1, 0.15) is 32.6 Å². The van der Waals surface area contributed by atoms with Crippen molar-refractivity contribution in [2.45, 2.75) is 32.6 Å². The monoisotopic (exact) mass is 249 g/mol. The highest BCUT2D eigenvalue weighted by Crippen LogP contribution is 2.32. The molecular weight excluding hydrogens is 230 g/mol. The van der Waals surface area contributed by atoms with Crippen molar-refractivity contribution in [1.82, 2.24) is 20.5 Å². The summed E-state index contributed by atoms with van der Waals surface area (Å²) < 4.78 is 0. The summed E-state index contributed by atoms with van der Waals surface area (Å²) in [4.78, 5) is 16.4. The first-order valence-electron chi connectivity index (χ1n) is 6.43. The maximum atomic E-state index is 12.4. The Morgan fingerprint density at radius 3 is 3.06 bits per heavy atom. The van der Waals surface area contributed by atoms with Gasteiger partial charge in [-0.2, -0.15) is 5.10 Å². The van der Waals surface area contributed by atoms with E-state index >= 15 is 0 Å².